The standard InChI is InChI=1S/C17H24F3N5O2.HI/c1-3-15(26)25-7-6-13(10-25)24-16(21-2)23-9-12-4-5-14(22-8-12)27-11-17(18,19)20;/h4-5,8,13H,3,6-7,9-11H2,1-2H3,(H2,21,23,24);1H. The number of guanidine groups is 1. The third kappa shape index (κ3) is 8.07. The summed E-state index contributed by atoms with van der Waals surface area (Å²) in [4.78, 5) is 21.6. The van der Waals surface area contributed by atoms with E-state index in [4.69, 9.17) is 0 Å². The Bertz CT molecular complexity index is 655. The van der Waals surface area contributed by atoms with Gasteiger partial charge in [-0.3, -0.25) is 9.79 Å². The van der Waals surface area contributed by atoms with Gasteiger partial charge in [-0.05, 0) is 12.0 Å². The number of halogens is 4. The number of likely N-dealkylation sites (tertiary alicyclic amines) is 1. The van der Waals surface area contributed by atoms with Crippen molar-refractivity contribution in [1.82, 2.24) is 20.5 Å². The van der Waals surface area contributed by atoms with Gasteiger partial charge in [0.15, 0.2) is 12.6 Å². The normalized spacial score (nSPS) is 17.1. The molecule has 158 valence electrons. The quantitative estimate of drug-likeness (QED) is 0.346. The van der Waals surface area contributed by atoms with Crippen molar-refractivity contribution in [1.29, 1.82) is 0 Å². The van der Waals surface area contributed by atoms with Crippen molar-refractivity contribution in [3.05, 3.63) is 23.9 Å². The summed E-state index contributed by atoms with van der Waals surface area (Å²) >= 11 is 0. The van der Waals surface area contributed by atoms with E-state index in [9.17, 15) is 18.0 Å². The Hall–Kier alpha value is -1.79. The number of aromatic nitrogens is 1. The smallest absolute Gasteiger partial charge is 0.422 e. The van der Waals surface area contributed by atoms with Crippen LogP contribution in [0.25, 0.3) is 0 Å². The highest BCUT2D eigenvalue weighted by Crippen LogP contribution is 2.17. The highest BCUT2D eigenvalue weighted by atomic mass is 127. The number of hydrogen-bond donors (Lipinski definition) is 2. The van der Waals surface area contributed by atoms with E-state index in [0.29, 0.717) is 25.5 Å². The second-order valence-electron chi connectivity index (χ2n) is 6.16. The van der Waals surface area contributed by atoms with Crippen molar-refractivity contribution in [2.75, 3.05) is 26.7 Å². The van der Waals surface area contributed by atoms with Gasteiger partial charge in [0.2, 0.25) is 11.8 Å². The zero-order valence-corrected chi connectivity index (χ0v) is 18.1. The average Bonchev–Trinajstić information content (AvgIpc) is 3.11. The molecule has 28 heavy (non-hydrogen) atoms. The molecule has 0 aliphatic carbocycles. The molecule has 1 aromatic heterocycles. The molecule has 1 aliphatic heterocycles. The van der Waals surface area contributed by atoms with Gasteiger partial charge in [-0.1, -0.05) is 13.0 Å². The lowest BCUT2D eigenvalue weighted by Gasteiger charge is -2.18. The van der Waals surface area contributed by atoms with Gasteiger partial charge in [0.1, 0.15) is 0 Å². The Morgan fingerprint density at radius 1 is 1.43 bits per heavy atom. The molecule has 7 nitrogen and oxygen atoms in total. The Labute approximate surface area is 179 Å². The lowest BCUT2D eigenvalue weighted by molar-refractivity contribution is -0.154. The Morgan fingerprint density at radius 2 is 2.18 bits per heavy atom. The fourth-order valence-electron chi connectivity index (χ4n) is 2.66. The summed E-state index contributed by atoms with van der Waals surface area (Å²) in [6.07, 6.45) is -1.60. The molecule has 2 heterocycles. The molecule has 1 saturated heterocycles. The molecule has 2 N–H and O–H groups in total. The third-order valence-corrected chi connectivity index (χ3v) is 4.05. The van der Waals surface area contributed by atoms with Crippen molar-refractivity contribution in [2.24, 2.45) is 4.99 Å². The number of rotatable bonds is 6. The number of alkyl halides is 3. The minimum Gasteiger partial charge on any atom is -0.468 e. The van der Waals surface area contributed by atoms with Gasteiger partial charge in [-0.25, -0.2) is 4.98 Å². The van der Waals surface area contributed by atoms with Crippen LogP contribution in [0.4, 0.5) is 13.2 Å². The number of nitrogens with zero attached hydrogens (tertiary/aromatic N) is 3. The van der Waals surface area contributed by atoms with Crippen LogP contribution in [-0.2, 0) is 11.3 Å². The van der Waals surface area contributed by atoms with Crippen LogP contribution in [0.1, 0.15) is 25.3 Å². The van der Waals surface area contributed by atoms with Crippen molar-refractivity contribution < 1.29 is 22.7 Å². The highest BCUT2D eigenvalue weighted by molar-refractivity contribution is 14.0. The number of pyridine rings is 1. The van der Waals surface area contributed by atoms with Crippen LogP contribution < -0.4 is 15.4 Å². The molecule has 0 spiro atoms. The number of carbonyl (C=O) groups excluding carboxylic acids is 1. The minimum absolute atomic E-state index is 0. The monoisotopic (exact) mass is 515 g/mol. The molecule has 2 rings (SSSR count). The second-order valence-corrected chi connectivity index (χ2v) is 6.16. The molecule has 0 radical (unpaired) electrons. The maximum Gasteiger partial charge on any atom is 0.422 e. The number of ether oxygens (including phenoxy) is 1. The summed E-state index contributed by atoms with van der Waals surface area (Å²) in [5.41, 5.74) is 0.770. The first-order chi connectivity index (χ1) is 12.8. The average molecular weight is 515 g/mol. The Morgan fingerprint density at radius 3 is 2.75 bits per heavy atom. The summed E-state index contributed by atoms with van der Waals surface area (Å²) in [6.45, 7) is 2.24. The molecular weight excluding hydrogens is 490 g/mol. The molecule has 11 heteroatoms. The van der Waals surface area contributed by atoms with Gasteiger partial charge < -0.3 is 20.3 Å². The minimum atomic E-state index is -4.39. The van der Waals surface area contributed by atoms with Crippen LogP contribution in [0.3, 0.4) is 0 Å². The van der Waals surface area contributed by atoms with Gasteiger partial charge in [0.05, 0.1) is 0 Å². The first kappa shape index (κ1) is 24.2. The van der Waals surface area contributed by atoms with Gasteiger partial charge in [0, 0.05) is 51.4 Å². The number of nitrogens with one attached hydrogen (secondary N) is 2. The van der Waals surface area contributed by atoms with Crippen LogP contribution in [0.5, 0.6) is 5.88 Å². The molecule has 1 atom stereocenters. The molecular formula is C17H25F3IN5O2. The fourth-order valence-corrected chi connectivity index (χ4v) is 2.66. The lowest BCUT2D eigenvalue weighted by Crippen LogP contribution is -2.44. The van der Waals surface area contributed by atoms with Crippen LogP contribution >= 0.6 is 24.0 Å². The van der Waals surface area contributed by atoms with E-state index in [1.807, 2.05) is 11.8 Å². The third-order valence-electron chi connectivity index (χ3n) is 4.05. The molecule has 1 aromatic rings. The van der Waals surface area contributed by atoms with Crippen molar-refractivity contribution in [2.45, 2.75) is 38.5 Å². The van der Waals surface area contributed by atoms with Crippen molar-refractivity contribution in [3.8, 4) is 5.88 Å². The number of hydrogen-bond acceptors (Lipinski definition) is 4. The van der Waals surface area contributed by atoms with Gasteiger partial charge in [-0.2, -0.15) is 13.2 Å². The maximum absolute atomic E-state index is 12.1. The summed E-state index contributed by atoms with van der Waals surface area (Å²) in [6, 6.07) is 3.16. The van der Waals surface area contributed by atoms with E-state index >= 15 is 0 Å². The molecule has 0 bridgehead atoms. The van der Waals surface area contributed by atoms with Crippen LogP contribution in [0.2, 0.25) is 0 Å². The van der Waals surface area contributed by atoms with E-state index < -0.39 is 12.8 Å². The van der Waals surface area contributed by atoms with Gasteiger partial charge >= 0.3 is 6.18 Å². The van der Waals surface area contributed by atoms with Gasteiger partial charge in [0.25, 0.3) is 0 Å². The summed E-state index contributed by atoms with van der Waals surface area (Å²) in [5.74, 6) is 0.648. The highest BCUT2D eigenvalue weighted by Gasteiger charge is 2.28. The van der Waals surface area contributed by atoms with Crippen LogP contribution in [0.15, 0.2) is 23.3 Å². The lowest BCUT2D eigenvalue weighted by atomic mass is 10.2. The predicted octanol–water partition coefficient (Wildman–Crippen LogP) is 2.32. The molecule has 1 unspecified atom stereocenters. The Balaban J connectivity index is 0.00000392. The first-order valence-electron chi connectivity index (χ1n) is 8.70. The summed E-state index contributed by atoms with van der Waals surface area (Å²) in [5, 5.41) is 6.39. The van der Waals surface area contributed by atoms with Gasteiger partial charge in [-0.15, -0.1) is 24.0 Å². The van der Waals surface area contributed by atoms with E-state index in [2.05, 4.69) is 25.3 Å². The van der Waals surface area contributed by atoms with Crippen molar-refractivity contribution >= 4 is 35.8 Å². The Kier molecular flexibility index (Phi) is 9.76. The second kappa shape index (κ2) is 11.3. The molecule has 1 amide bonds. The van der Waals surface area contributed by atoms with Crippen LogP contribution in [-0.4, -0.2) is 60.7 Å². The molecule has 0 aromatic carbocycles. The summed E-state index contributed by atoms with van der Waals surface area (Å²) < 4.78 is 40.9. The zero-order valence-electron chi connectivity index (χ0n) is 15.8. The molecule has 1 fully saturated rings. The number of amides is 1. The maximum atomic E-state index is 12.1. The van der Waals surface area contributed by atoms with E-state index in [1.165, 1.54) is 12.3 Å². The molecule has 1 aliphatic rings. The largest absolute Gasteiger partial charge is 0.468 e. The SMILES string of the molecule is CCC(=O)N1CCC(NC(=NC)NCc2ccc(OCC(F)(F)F)nc2)C1.I. The summed E-state index contributed by atoms with van der Waals surface area (Å²) in [7, 11) is 1.64. The van der Waals surface area contributed by atoms with E-state index in [1.54, 1.807) is 13.1 Å². The zero-order chi connectivity index (χ0) is 19.9. The van der Waals surface area contributed by atoms with E-state index in [-0.39, 0.29) is 41.8 Å². The van der Waals surface area contributed by atoms with E-state index in [0.717, 1.165) is 18.5 Å². The predicted molar refractivity (Wildman–Crippen MR) is 110 cm³/mol. The number of carbonyl (C=O) groups is 1. The number of aliphatic imine (C=N–C) groups is 1. The van der Waals surface area contributed by atoms with Crippen molar-refractivity contribution in [3.63, 3.8) is 0 Å². The fraction of sp³-hybridized carbons (Fsp3) is 0.588. The molecule has 0 saturated carbocycles. The topological polar surface area (TPSA) is 78.9 Å². The first-order valence-corrected chi connectivity index (χ1v) is 8.70. The van der Waals surface area contributed by atoms with Crippen LogP contribution in [0, 0.1) is 0 Å².